The minimum atomic E-state index is 0.319. The van der Waals surface area contributed by atoms with Crippen molar-refractivity contribution in [2.24, 2.45) is 0 Å². The van der Waals surface area contributed by atoms with Crippen molar-refractivity contribution >= 4 is 23.4 Å². The molecule has 1 aromatic heterocycles. The Bertz CT molecular complexity index is 339. The average molecular weight is 226 g/mol. The number of aromatic amines is 1. The quantitative estimate of drug-likeness (QED) is 0.684. The van der Waals surface area contributed by atoms with E-state index < -0.39 is 0 Å². The van der Waals surface area contributed by atoms with Gasteiger partial charge in [-0.05, 0) is 24.5 Å². The Kier molecular flexibility index (Phi) is 2.58. The van der Waals surface area contributed by atoms with E-state index in [9.17, 15) is 0 Å². The number of thioether (sulfide) groups is 1. The van der Waals surface area contributed by atoms with Crippen molar-refractivity contribution in [3.05, 3.63) is 5.56 Å². The molecule has 5 heteroatoms. The van der Waals surface area contributed by atoms with Crippen LogP contribution in [0, 0.1) is 0 Å². The summed E-state index contributed by atoms with van der Waals surface area (Å²) in [5, 5.41) is 6.72. The van der Waals surface area contributed by atoms with E-state index in [0.29, 0.717) is 22.3 Å². The van der Waals surface area contributed by atoms with Gasteiger partial charge in [0.15, 0.2) is 5.82 Å². The molecule has 4 nitrogen and oxygen atoms in total. The Morgan fingerprint density at radius 2 is 2.20 bits per heavy atom. The molecule has 1 aliphatic heterocycles. The molecule has 84 valence electrons. The van der Waals surface area contributed by atoms with E-state index >= 15 is 0 Å². The van der Waals surface area contributed by atoms with Gasteiger partial charge in [-0.15, -0.1) is 0 Å². The molecule has 0 aliphatic carbocycles. The molecule has 1 unspecified atom stereocenters. The largest absolute Gasteiger partial charge is 0.384 e. The van der Waals surface area contributed by atoms with E-state index in [1.165, 1.54) is 5.75 Å². The molecule has 1 aliphatic rings. The summed E-state index contributed by atoms with van der Waals surface area (Å²) in [4.78, 5) is 0. The lowest BCUT2D eigenvalue weighted by Crippen LogP contribution is -2.25. The van der Waals surface area contributed by atoms with Gasteiger partial charge in [0, 0.05) is 10.3 Å². The van der Waals surface area contributed by atoms with Crippen LogP contribution in [-0.4, -0.2) is 20.7 Å². The number of nitrogen functional groups attached to an aromatic ring is 2. The summed E-state index contributed by atoms with van der Waals surface area (Å²) in [6.07, 6.45) is 2.26. The van der Waals surface area contributed by atoms with Gasteiger partial charge in [0.2, 0.25) is 0 Å². The number of hydrogen-bond acceptors (Lipinski definition) is 4. The smallest absolute Gasteiger partial charge is 0.150 e. The lowest BCUT2D eigenvalue weighted by atomic mass is 9.88. The summed E-state index contributed by atoms with van der Waals surface area (Å²) in [6.45, 7) is 4.55. The first-order valence-corrected chi connectivity index (χ1v) is 6.21. The zero-order valence-electron chi connectivity index (χ0n) is 9.21. The SMILES string of the molecule is CC1(C)CC(c2c(N)n[nH]c2N)CCS1. The first-order valence-electron chi connectivity index (χ1n) is 5.23. The van der Waals surface area contributed by atoms with Gasteiger partial charge in [0.1, 0.15) is 5.82 Å². The number of nitrogens with two attached hydrogens (primary N) is 2. The molecule has 1 atom stereocenters. The number of anilines is 2. The fourth-order valence-electron chi connectivity index (χ4n) is 2.29. The van der Waals surface area contributed by atoms with Crippen LogP contribution in [0.15, 0.2) is 0 Å². The molecular weight excluding hydrogens is 208 g/mol. The van der Waals surface area contributed by atoms with E-state index in [4.69, 9.17) is 11.5 Å². The average Bonchev–Trinajstić information content (AvgIpc) is 2.44. The zero-order valence-corrected chi connectivity index (χ0v) is 10.0. The molecule has 0 bridgehead atoms. The van der Waals surface area contributed by atoms with Gasteiger partial charge in [-0.3, -0.25) is 5.10 Å². The van der Waals surface area contributed by atoms with Crippen LogP contribution in [0.25, 0.3) is 0 Å². The molecule has 1 saturated heterocycles. The summed E-state index contributed by atoms with van der Waals surface area (Å²) >= 11 is 2.02. The Morgan fingerprint density at radius 1 is 1.47 bits per heavy atom. The summed E-state index contributed by atoms with van der Waals surface area (Å²) < 4.78 is 0.319. The van der Waals surface area contributed by atoms with E-state index in [1.807, 2.05) is 11.8 Å². The number of hydrogen-bond donors (Lipinski definition) is 3. The van der Waals surface area contributed by atoms with Gasteiger partial charge in [-0.1, -0.05) is 13.8 Å². The molecule has 5 N–H and O–H groups in total. The molecule has 0 spiro atoms. The molecule has 2 rings (SSSR count). The standard InChI is InChI=1S/C10H18N4S/c1-10(2)5-6(3-4-15-10)7-8(11)13-14-9(7)12/h6H,3-5H2,1-2H3,(H5,11,12,13,14). The Labute approximate surface area is 94.2 Å². The summed E-state index contributed by atoms with van der Waals surface area (Å²) in [5.74, 6) is 2.84. The predicted octanol–water partition coefficient (Wildman–Crippen LogP) is 1.96. The summed E-state index contributed by atoms with van der Waals surface area (Å²) in [6, 6.07) is 0. The van der Waals surface area contributed by atoms with Crippen molar-refractivity contribution in [2.45, 2.75) is 37.4 Å². The highest BCUT2D eigenvalue weighted by Crippen LogP contribution is 2.45. The Balaban J connectivity index is 2.24. The monoisotopic (exact) mass is 226 g/mol. The molecule has 0 aromatic carbocycles. The van der Waals surface area contributed by atoms with Gasteiger partial charge in [-0.2, -0.15) is 16.9 Å². The normalized spacial score (nSPS) is 25.3. The van der Waals surface area contributed by atoms with Gasteiger partial charge in [0.25, 0.3) is 0 Å². The van der Waals surface area contributed by atoms with Crippen LogP contribution in [0.3, 0.4) is 0 Å². The highest BCUT2D eigenvalue weighted by Gasteiger charge is 2.32. The minimum Gasteiger partial charge on any atom is -0.384 e. The minimum absolute atomic E-state index is 0.319. The first kappa shape index (κ1) is 10.7. The van der Waals surface area contributed by atoms with Crippen molar-refractivity contribution in [2.75, 3.05) is 17.2 Å². The molecule has 1 fully saturated rings. The Morgan fingerprint density at radius 3 is 2.73 bits per heavy atom. The number of nitrogens with one attached hydrogen (secondary N) is 1. The fourth-order valence-corrected chi connectivity index (χ4v) is 3.56. The molecule has 2 heterocycles. The molecule has 0 amide bonds. The second kappa shape index (κ2) is 3.63. The van der Waals surface area contributed by atoms with Gasteiger partial charge >= 0.3 is 0 Å². The molecular formula is C10H18N4S. The third-order valence-corrected chi connectivity index (χ3v) is 4.36. The number of aromatic nitrogens is 2. The first-order chi connectivity index (χ1) is 6.99. The maximum Gasteiger partial charge on any atom is 0.150 e. The molecule has 15 heavy (non-hydrogen) atoms. The predicted molar refractivity (Wildman–Crippen MR) is 65.9 cm³/mol. The lowest BCUT2D eigenvalue weighted by molar-refractivity contribution is 0.508. The van der Waals surface area contributed by atoms with E-state index in [-0.39, 0.29) is 0 Å². The van der Waals surface area contributed by atoms with Crippen LogP contribution < -0.4 is 11.5 Å². The maximum atomic E-state index is 5.86. The third kappa shape index (κ3) is 2.07. The van der Waals surface area contributed by atoms with Gasteiger partial charge in [0.05, 0.1) is 0 Å². The van der Waals surface area contributed by atoms with Crippen molar-refractivity contribution in [1.82, 2.24) is 10.2 Å². The van der Waals surface area contributed by atoms with Crippen LogP contribution >= 0.6 is 11.8 Å². The van der Waals surface area contributed by atoms with Crippen LogP contribution in [-0.2, 0) is 0 Å². The lowest BCUT2D eigenvalue weighted by Gasteiger charge is -2.34. The van der Waals surface area contributed by atoms with Gasteiger partial charge in [-0.25, -0.2) is 0 Å². The maximum absolute atomic E-state index is 5.86. The highest BCUT2D eigenvalue weighted by molar-refractivity contribution is 8.00. The second-order valence-corrected chi connectivity index (χ2v) is 6.54. The molecule has 1 aromatic rings. The second-order valence-electron chi connectivity index (χ2n) is 4.73. The van der Waals surface area contributed by atoms with Crippen LogP contribution in [0.4, 0.5) is 11.6 Å². The van der Waals surface area contributed by atoms with E-state index in [2.05, 4.69) is 24.0 Å². The molecule has 0 radical (unpaired) electrons. The zero-order chi connectivity index (χ0) is 11.1. The van der Waals surface area contributed by atoms with Crippen LogP contribution in [0.5, 0.6) is 0 Å². The van der Waals surface area contributed by atoms with Crippen molar-refractivity contribution < 1.29 is 0 Å². The van der Waals surface area contributed by atoms with Crippen molar-refractivity contribution in [3.8, 4) is 0 Å². The van der Waals surface area contributed by atoms with Crippen molar-refractivity contribution in [1.29, 1.82) is 0 Å². The summed E-state index contributed by atoms with van der Waals surface area (Å²) in [7, 11) is 0. The summed E-state index contributed by atoms with van der Waals surface area (Å²) in [5.41, 5.74) is 12.7. The topological polar surface area (TPSA) is 80.7 Å². The van der Waals surface area contributed by atoms with E-state index in [0.717, 1.165) is 18.4 Å². The van der Waals surface area contributed by atoms with Crippen LogP contribution in [0.1, 0.15) is 38.2 Å². The Hall–Kier alpha value is -0.840. The van der Waals surface area contributed by atoms with Gasteiger partial charge < -0.3 is 11.5 Å². The van der Waals surface area contributed by atoms with E-state index in [1.54, 1.807) is 0 Å². The number of nitrogens with zero attached hydrogens (tertiary/aromatic N) is 1. The number of rotatable bonds is 1. The third-order valence-electron chi connectivity index (χ3n) is 2.97. The van der Waals surface area contributed by atoms with Crippen molar-refractivity contribution in [3.63, 3.8) is 0 Å². The fraction of sp³-hybridized carbons (Fsp3) is 0.700. The number of H-pyrrole nitrogens is 1. The van der Waals surface area contributed by atoms with Crippen LogP contribution in [0.2, 0.25) is 0 Å². The molecule has 0 saturated carbocycles. The highest BCUT2D eigenvalue weighted by atomic mass is 32.2.